The number of ether oxygens (including phenoxy) is 1. The van der Waals surface area contributed by atoms with Gasteiger partial charge in [0.1, 0.15) is 5.75 Å². The van der Waals surface area contributed by atoms with Gasteiger partial charge < -0.3 is 9.64 Å². The maximum absolute atomic E-state index is 13.0. The van der Waals surface area contributed by atoms with Crippen molar-refractivity contribution in [1.82, 2.24) is 9.62 Å². The second-order valence-corrected chi connectivity index (χ2v) is 10.5. The van der Waals surface area contributed by atoms with Gasteiger partial charge in [0.05, 0.1) is 27.1 Å². The van der Waals surface area contributed by atoms with Crippen molar-refractivity contribution >= 4 is 33.2 Å². The van der Waals surface area contributed by atoms with E-state index < -0.39 is 16.1 Å². The van der Waals surface area contributed by atoms with Crippen LogP contribution in [0.2, 0.25) is 10.0 Å². The molecular weight excluding hydrogens is 443 g/mol. The highest BCUT2D eigenvalue weighted by Gasteiger charge is 2.23. The fourth-order valence-electron chi connectivity index (χ4n) is 3.63. The van der Waals surface area contributed by atoms with Crippen LogP contribution in [0.4, 0.5) is 0 Å². The lowest BCUT2D eigenvalue weighted by atomic mass is 9.98. The highest BCUT2D eigenvalue weighted by molar-refractivity contribution is 7.89. The number of nitrogens with one attached hydrogen (secondary N) is 1. The second kappa shape index (κ2) is 10.3. The zero-order valence-corrected chi connectivity index (χ0v) is 19.6. The van der Waals surface area contributed by atoms with E-state index in [1.165, 1.54) is 19.3 Å². The van der Waals surface area contributed by atoms with E-state index in [4.69, 9.17) is 27.9 Å². The van der Waals surface area contributed by atoms with Crippen LogP contribution in [0.5, 0.6) is 5.75 Å². The molecule has 1 atom stereocenters. The Morgan fingerprint density at radius 3 is 2.30 bits per heavy atom. The number of halogens is 2. The van der Waals surface area contributed by atoms with E-state index in [1.807, 2.05) is 19.0 Å². The molecule has 30 heavy (non-hydrogen) atoms. The number of sulfonamides is 1. The van der Waals surface area contributed by atoms with Crippen molar-refractivity contribution in [3.63, 3.8) is 0 Å². The molecule has 5 nitrogen and oxygen atoms in total. The van der Waals surface area contributed by atoms with Gasteiger partial charge in [-0.2, -0.15) is 0 Å². The molecule has 0 amide bonds. The van der Waals surface area contributed by atoms with E-state index >= 15 is 0 Å². The van der Waals surface area contributed by atoms with Crippen LogP contribution in [0, 0.1) is 0 Å². The standard InChI is InChI=1S/C22H28Cl2N2O3S/c1-26(2)15-22(16-8-13-20(23)21(24)14-16)25-30(27,28)19-11-9-18(10-12-19)29-17-6-4-3-5-7-17/h8-14,17,22,25H,3-7,15H2,1-2H3. The lowest BCUT2D eigenvalue weighted by Crippen LogP contribution is -2.35. The molecule has 0 radical (unpaired) electrons. The molecule has 0 saturated heterocycles. The van der Waals surface area contributed by atoms with Crippen molar-refractivity contribution < 1.29 is 13.2 Å². The molecule has 2 aromatic carbocycles. The molecule has 2 aromatic rings. The molecule has 1 saturated carbocycles. The normalized spacial score (nSPS) is 16.6. The molecule has 8 heteroatoms. The van der Waals surface area contributed by atoms with Gasteiger partial charge in [0, 0.05) is 6.54 Å². The zero-order chi connectivity index (χ0) is 21.7. The lowest BCUT2D eigenvalue weighted by molar-refractivity contribution is 0.155. The number of hydrogen-bond donors (Lipinski definition) is 1. The maximum Gasteiger partial charge on any atom is 0.241 e. The summed E-state index contributed by atoms with van der Waals surface area (Å²) in [5.41, 5.74) is 0.749. The maximum atomic E-state index is 13.0. The molecule has 3 rings (SSSR count). The summed E-state index contributed by atoms with van der Waals surface area (Å²) in [6.07, 6.45) is 5.95. The molecule has 0 spiro atoms. The van der Waals surface area contributed by atoms with Gasteiger partial charge in [-0.25, -0.2) is 13.1 Å². The molecule has 1 unspecified atom stereocenters. The van der Waals surface area contributed by atoms with Crippen molar-refractivity contribution in [1.29, 1.82) is 0 Å². The predicted molar refractivity (Wildman–Crippen MR) is 122 cm³/mol. The molecule has 1 N–H and O–H groups in total. The zero-order valence-electron chi connectivity index (χ0n) is 17.3. The van der Waals surface area contributed by atoms with Gasteiger partial charge in [-0.15, -0.1) is 0 Å². The quantitative estimate of drug-likeness (QED) is 0.569. The summed E-state index contributed by atoms with van der Waals surface area (Å²) in [6.45, 7) is 0.472. The first kappa shape index (κ1) is 23.4. The number of hydrogen-bond acceptors (Lipinski definition) is 4. The average Bonchev–Trinajstić information content (AvgIpc) is 2.70. The van der Waals surface area contributed by atoms with Crippen LogP contribution in [0.25, 0.3) is 0 Å². The molecule has 1 fully saturated rings. The van der Waals surface area contributed by atoms with E-state index in [-0.39, 0.29) is 11.0 Å². The van der Waals surface area contributed by atoms with Gasteiger partial charge in [0.2, 0.25) is 10.0 Å². The first-order chi connectivity index (χ1) is 14.2. The Bertz CT molecular complexity index is 943. The first-order valence-corrected chi connectivity index (χ1v) is 12.4. The number of nitrogens with zero attached hydrogens (tertiary/aromatic N) is 1. The van der Waals surface area contributed by atoms with Gasteiger partial charge in [0.25, 0.3) is 0 Å². The Labute approximate surface area is 189 Å². The summed E-state index contributed by atoms with van der Waals surface area (Å²) >= 11 is 12.2. The Morgan fingerprint density at radius 2 is 1.70 bits per heavy atom. The number of likely N-dealkylation sites (N-methyl/N-ethyl adjacent to an activating group) is 1. The minimum Gasteiger partial charge on any atom is -0.490 e. The predicted octanol–water partition coefficient (Wildman–Crippen LogP) is 5.29. The van der Waals surface area contributed by atoms with Crippen LogP contribution in [0.15, 0.2) is 47.4 Å². The minimum atomic E-state index is -3.73. The van der Waals surface area contributed by atoms with Crippen LogP contribution in [-0.2, 0) is 10.0 Å². The molecule has 0 bridgehead atoms. The summed E-state index contributed by atoms with van der Waals surface area (Å²) in [5, 5.41) is 0.821. The Kier molecular flexibility index (Phi) is 8.04. The van der Waals surface area contributed by atoms with Crippen LogP contribution in [-0.4, -0.2) is 40.1 Å². The largest absolute Gasteiger partial charge is 0.490 e. The summed E-state index contributed by atoms with van der Waals surface area (Å²) < 4.78 is 34.8. The van der Waals surface area contributed by atoms with Crippen molar-refractivity contribution in [2.45, 2.75) is 49.1 Å². The van der Waals surface area contributed by atoms with Gasteiger partial charge in [-0.05, 0) is 81.7 Å². The van der Waals surface area contributed by atoms with Gasteiger partial charge in [-0.1, -0.05) is 35.7 Å². The third-order valence-electron chi connectivity index (χ3n) is 5.18. The SMILES string of the molecule is CN(C)CC(NS(=O)(=O)c1ccc(OC2CCCCC2)cc1)c1ccc(Cl)c(Cl)c1. The van der Waals surface area contributed by atoms with Crippen LogP contribution >= 0.6 is 23.2 Å². The van der Waals surface area contributed by atoms with Gasteiger partial charge >= 0.3 is 0 Å². The fourth-order valence-corrected chi connectivity index (χ4v) is 5.16. The molecule has 1 aliphatic rings. The van der Waals surface area contributed by atoms with Gasteiger partial charge in [0.15, 0.2) is 0 Å². The average molecular weight is 471 g/mol. The van der Waals surface area contributed by atoms with E-state index in [0.717, 1.165) is 18.4 Å². The highest BCUT2D eigenvalue weighted by atomic mass is 35.5. The van der Waals surface area contributed by atoms with E-state index in [9.17, 15) is 8.42 Å². The molecule has 0 aromatic heterocycles. The summed E-state index contributed by atoms with van der Waals surface area (Å²) in [5.74, 6) is 0.704. The molecular formula is C22H28Cl2N2O3S. The van der Waals surface area contributed by atoms with E-state index in [2.05, 4.69) is 4.72 Å². The van der Waals surface area contributed by atoms with Crippen molar-refractivity contribution in [3.8, 4) is 5.75 Å². The summed E-state index contributed by atoms with van der Waals surface area (Å²) in [6, 6.07) is 11.3. The van der Waals surface area contributed by atoms with Crippen LogP contribution in [0.1, 0.15) is 43.7 Å². The fraction of sp³-hybridized carbons (Fsp3) is 0.455. The molecule has 1 aliphatic carbocycles. The monoisotopic (exact) mass is 470 g/mol. The number of benzene rings is 2. The Morgan fingerprint density at radius 1 is 1.03 bits per heavy atom. The third-order valence-corrected chi connectivity index (χ3v) is 7.41. The van der Waals surface area contributed by atoms with Crippen LogP contribution in [0.3, 0.4) is 0 Å². The topological polar surface area (TPSA) is 58.6 Å². The van der Waals surface area contributed by atoms with E-state index in [1.54, 1.807) is 42.5 Å². The summed E-state index contributed by atoms with van der Waals surface area (Å²) in [7, 11) is 0.0359. The Balaban J connectivity index is 1.75. The van der Waals surface area contributed by atoms with Crippen LogP contribution < -0.4 is 9.46 Å². The smallest absolute Gasteiger partial charge is 0.241 e. The lowest BCUT2D eigenvalue weighted by Gasteiger charge is -2.24. The van der Waals surface area contributed by atoms with Crippen molar-refractivity contribution in [2.24, 2.45) is 0 Å². The number of rotatable bonds is 8. The highest BCUT2D eigenvalue weighted by Crippen LogP contribution is 2.28. The minimum absolute atomic E-state index is 0.197. The first-order valence-electron chi connectivity index (χ1n) is 10.1. The third kappa shape index (κ3) is 6.34. The van der Waals surface area contributed by atoms with Gasteiger partial charge in [-0.3, -0.25) is 0 Å². The molecule has 0 aliphatic heterocycles. The van der Waals surface area contributed by atoms with Crippen molar-refractivity contribution in [2.75, 3.05) is 20.6 Å². The molecule has 0 heterocycles. The molecule has 164 valence electrons. The van der Waals surface area contributed by atoms with E-state index in [0.29, 0.717) is 22.3 Å². The Hall–Kier alpha value is -1.31. The summed E-state index contributed by atoms with van der Waals surface area (Å²) in [4.78, 5) is 2.11. The van der Waals surface area contributed by atoms with Crippen molar-refractivity contribution in [3.05, 3.63) is 58.1 Å². The second-order valence-electron chi connectivity index (χ2n) is 7.96.